The fourth-order valence-electron chi connectivity index (χ4n) is 2.86. The van der Waals surface area contributed by atoms with Gasteiger partial charge in [0.2, 0.25) is 5.91 Å². The highest BCUT2D eigenvalue weighted by molar-refractivity contribution is 7.17. The number of aromatic nitrogens is 2. The third kappa shape index (κ3) is 3.90. The van der Waals surface area contributed by atoms with E-state index in [1.54, 1.807) is 17.5 Å². The standard InChI is InChI=1S/C20H12ClF2N3O2S/c21-12-3-6-15(23)16(7-12)25-17(27)8-26-10-24-19-18(20(26)28)14(9-29-19)11-1-4-13(22)5-2-11/h1-7,9-10H,8H2,(H,25,27). The van der Waals surface area contributed by atoms with Crippen molar-refractivity contribution in [2.45, 2.75) is 6.54 Å². The van der Waals surface area contributed by atoms with Crippen molar-refractivity contribution in [3.05, 3.63) is 81.2 Å². The summed E-state index contributed by atoms with van der Waals surface area (Å²) in [5.41, 5.74) is 0.780. The number of anilines is 1. The van der Waals surface area contributed by atoms with E-state index in [2.05, 4.69) is 10.3 Å². The van der Waals surface area contributed by atoms with Gasteiger partial charge in [0, 0.05) is 16.0 Å². The third-order valence-electron chi connectivity index (χ3n) is 4.23. The monoisotopic (exact) mass is 431 g/mol. The Kier molecular flexibility index (Phi) is 5.12. The Morgan fingerprint density at radius 1 is 1.17 bits per heavy atom. The Hall–Kier alpha value is -3.10. The molecule has 0 spiro atoms. The number of carbonyl (C=O) groups excluding carboxylic acids is 1. The third-order valence-corrected chi connectivity index (χ3v) is 5.35. The largest absolute Gasteiger partial charge is 0.322 e. The van der Waals surface area contributed by atoms with Gasteiger partial charge in [-0.15, -0.1) is 11.3 Å². The molecule has 9 heteroatoms. The molecule has 5 nitrogen and oxygen atoms in total. The van der Waals surface area contributed by atoms with Crippen molar-refractivity contribution in [2.75, 3.05) is 5.32 Å². The number of fused-ring (bicyclic) bond motifs is 1. The maximum atomic E-state index is 13.8. The Balaban J connectivity index is 1.66. The van der Waals surface area contributed by atoms with Crippen molar-refractivity contribution >= 4 is 44.7 Å². The summed E-state index contributed by atoms with van der Waals surface area (Å²) in [5.74, 6) is -1.62. The van der Waals surface area contributed by atoms with E-state index in [0.717, 1.165) is 10.6 Å². The zero-order chi connectivity index (χ0) is 20.5. The lowest BCUT2D eigenvalue weighted by Crippen LogP contribution is -2.28. The first-order valence-electron chi connectivity index (χ1n) is 8.40. The molecule has 0 aliphatic rings. The molecule has 2 aromatic heterocycles. The van der Waals surface area contributed by atoms with Gasteiger partial charge in [0.05, 0.1) is 17.4 Å². The van der Waals surface area contributed by atoms with Gasteiger partial charge in [-0.25, -0.2) is 13.8 Å². The van der Waals surface area contributed by atoms with Crippen LogP contribution in [0.5, 0.6) is 0 Å². The Morgan fingerprint density at radius 3 is 2.69 bits per heavy atom. The molecule has 4 aromatic rings. The average Bonchev–Trinajstić information content (AvgIpc) is 3.12. The molecule has 0 saturated heterocycles. The van der Waals surface area contributed by atoms with Crippen molar-refractivity contribution in [3.8, 4) is 11.1 Å². The van der Waals surface area contributed by atoms with E-state index in [4.69, 9.17) is 11.6 Å². The first-order valence-corrected chi connectivity index (χ1v) is 9.65. The molecule has 2 heterocycles. The van der Waals surface area contributed by atoms with Crippen LogP contribution < -0.4 is 10.9 Å². The quantitative estimate of drug-likeness (QED) is 0.509. The minimum absolute atomic E-state index is 0.0767. The van der Waals surface area contributed by atoms with Crippen LogP contribution in [0.15, 0.2) is 59.0 Å². The Morgan fingerprint density at radius 2 is 1.93 bits per heavy atom. The molecular weight excluding hydrogens is 420 g/mol. The minimum Gasteiger partial charge on any atom is -0.322 e. The highest BCUT2D eigenvalue weighted by Gasteiger charge is 2.15. The molecule has 146 valence electrons. The number of nitrogens with one attached hydrogen (secondary N) is 1. The van der Waals surface area contributed by atoms with Gasteiger partial charge in [0.1, 0.15) is 23.0 Å². The van der Waals surface area contributed by atoms with E-state index in [1.165, 1.54) is 41.9 Å². The number of hydrogen-bond donors (Lipinski definition) is 1. The summed E-state index contributed by atoms with van der Waals surface area (Å²) < 4.78 is 28.1. The second kappa shape index (κ2) is 7.73. The van der Waals surface area contributed by atoms with Gasteiger partial charge in [-0.2, -0.15) is 0 Å². The van der Waals surface area contributed by atoms with E-state index in [0.29, 0.717) is 21.3 Å². The van der Waals surface area contributed by atoms with E-state index < -0.39 is 17.3 Å². The fraction of sp³-hybridized carbons (Fsp3) is 0.0500. The molecule has 0 aliphatic heterocycles. The molecular formula is C20H12ClF2N3O2S. The molecule has 1 amide bonds. The molecule has 0 radical (unpaired) electrons. The van der Waals surface area contributed by atoms with Gasteiger partial charge in [0.25, 0.3) is 5.56 Å². The van der Waals surface area contributed by atoms with Crippen molar-refractivity contribution in [1.82, 2.24) is 9.55 Å². The summed E-state index contributed by atoms with van der Waals surface area (Å²) in [7, 11) is 0. The van der Waals surface area contributed by atoms with Gasteiger partial charge in [0.15, 0.2) is 0 Å². The van der Waals surface area contributed by atoms with E-state index in [1.807, 2.05) is 0 Å². The van der Waals surface area contributed by atoms with Crippen molar-refractivity contribution in [2.24, 2.45) is 0 Å². The Bertz CT molecular complexity index is 1290. The maximum Gasteiger partial charge on any atom is 0.263 e. The lowest BCUT2D eigenvalue weighted by atomic mass is 10.1. The van der Waals surface area contributed by atoms with Crippen LogP contribution in [0.1, 0.15) is 0 Å². The summed E-state index contributed by atoms with van der Waals surface area (Å²) in [5, 5.41) is 4.76. The van der Waals surface area contributed by atoms with Crippen LogP contribution in [0, 0.1) is 11.6 Å². The van der Waals surface area contributed by atoms with Crippen molar-refractivity contribution < 1.29 is 13.6 Å². The van der Waals surface area contributed by atoms with Crippen LogP contribution in [0.4, 0.5) is 14.5 Å². The van der Waals surface area contributed by atoms with Crippen LogP contribution in [0.25, 0.3) is 21.3 Å². The molecule has 1 N–H and O–H groups in total. The SMILES string of the molecule is O=C(Cn1cnc2scc(-c3ccc(F)cc3)c2c1=O)Nc1cc(Cl)ccc1F. The summed E-state index contributed by atoms with van der Waals surface area (Å²) in [6.07, 6.45) is 1.27. The molecule has 0 saturated carbocycles. The second-order valence-corrected chi connectivity index (χ2v) is 7.48. The van der Waals surface area contributed by atoms with Gasteiger partial charge >= 0.3 is 0 Å². The average molecular weight is 432 g/mol. The molecule has 0 atom stereocenters. The van der Waals surface area contributed by atoms with Gasteiger partial charge in [-0.05, 0) is 35.9 Å². The Labute approximate surface area is 172 Å². The van der Waals surface area contributed by atoms with Crippen LogP contribution in [0.3, 0.4) is 0 Å². The van der Waals surface area contributed by atoms with Gasteiger partial charge in [-0.1, -0.05) is 23.7 Å². The molecule has 0 unspecified atom stereocenters. The normalized spacial score (nSPS) is 11.0. The predicted molar refractivity (Wildman–Crippen MR) is 109 cm³/mol. The zero-order valence-electron chi connectivity index (χ0n) is 14.7. The molecule has 29 heavy (non-hydrogen) atoms. The van der Waals surface area contributed by atoms with E-state index in [9.17, 15) is 18.4 Å². The number of thiophene rings is 1. The highest BCUT2D eigenvalue weighted by atomic mass is 35.5. The highest BCUT2D eigenvalue weighted by Crippen LogP contribution is 2.30. The predicted octanol–water partition coefficient (Wildman–Crippen LogP) is 4.70. The molecule has 0 bridgehead atoms. The molecule has 0 fully saturated rings. The number of rotatable bonds is 4. The number of halogens is 3. The minimum atomic E-state index is -0.639. The number of nitrogens with zero attached hydrogens (tertiary/aromatic N) is 2. The topological polar surface area (TPSA) is 64.0 Å². The summed E-state index contributed by atoms with van der Waals surface area (Å²) in [6, 6.07) is 9.54. The number of amides is 1. The lowest BCUT2D eigenvalue weighted by Gasteiger charge is -2.09. The van der Waals surface area contributed by atoms with Gasteiger partial charge in [-0.3, -0.25) is 14.2 Å². The smallest absolute Gasteiger partial charge is 0.263 e. The van der Waals surface area contributed by atoms with Crippen molar-refractivity contribution in [1.29, 1.82) is 0 Å². The number of benzene rings is 2. The van der Waals surface area contributed by atoms with Crippen molar-refractivity contribution in [3.63, 3.8) is 0 Å². The molecule has 4 rings (SSSR count). The summed E-state index contributed by atoms with van der Waals surface area (Å²) in [6.45, 7) is -0.355. The van der Waals surface area contributed by atoms with Crippen LogP contribution >= 0.6 is 22.9 Å². The van der Waals surface area contributed by atoms with Crippen LogP contribution in [-0.4, -0.2) is 15.5 Å². The number of hydrogen-bond acceptors (Lipinski definition) is 4. The number of carbonyl (C=O) groups is 1. The molecule has 0 aliphatic carbocycles. The maximum absolute atomic E-state index is 13.8. The van der Waals surface area contributed by atoms with E-state index >= 15 is 0 Å². The van der Waals surface area contributed by atoms with Gasteiger partial charge < -0.3 is 5.32 Å². The molecule has 2 aromatic carbocycles. The fourth-order valence-corrected chi connectivity index (χ4v) is 3.94. The first kappa shape index (κ1) is 19.2. The lowest BCUT2D eigenvalue weighted by molar-refractivity contribution is -0.116. The van der Waals surface area contributed by atoms with Crippen LogP contribution in [0.2, 0.25) is 5.02 Å². The summed E-state index contributed by atoms with van der Waals surface area (Å²) >= 11 is 7.10. The zero-order valence-corrected chi connectivity index (χ0v) is 16.2. The van der Waals surface area contributed by atoms with Crippen LogP contribution in [-0.2, 0) is 11.3 Å². The first-order chi connectivity index (χ1) is 13.9. The summed E-state index contributed by atoms with van der Waals surface area (Å²) in [4.78, 5) is 30.0. The second-order valence-electron chi connectivity index (χ2n) is 6.19. The van der Waals surface area contributed by atoms with E-state index in [-0.39, 0.29) is 23.1 Å².